The molecule has 17 heavy (non-hydrogen) atoms. The van der Waals surface area contributed by atoms with Gasteiger partial charge < -0.3 is 10.6 Å². The summed E-state index contributed by atoms with van der Waals surface area (Å²) in [4.78, 5) is 14.1. The van der Waals surface area contributed by atoms with Crippen molar-refractivity contribution in [2.75, 3.05) is 13.1 Å². The molecule has 1 saturated heterocycles. The standard InChI is InChI=1S/C14H28N2O/c1-4-6-13(15)14(17)16-9-5-7-12(8-10-16)11(2)3/h11-13H,4-10,15H2,1-3H3. The van der Waals surface area contributed by atoms with Gasteiger partial charge in [0.05, 0.1) is 6.04 Å². The maximum atomic E-state index is 12.1. The summed E-state index contributed by atoms with van der Waals surface area (Å²) >= 11 is 0. The van der Waals surface area contributed by atoms with E-state index in [-0.39, 0.29) is 11.9 Å². The summed E-state index contributed by atoms with van der Waals surface area (Å²) in [7, 11) is 0. The molecule has 0 aromatic carbocycles. The molecule has 0 radical (unpaired) electrons. The van der Waals surface area contributed by atoms with Crippen LogP contribution in [-0.2, 0) is 4.79 Å². The summed E-state index contributed by atoms with van der Waals surface area (Å²) < 4.78 is 0. The summed E-state index contributed by atoms with van der Waals surface area (Å²) in [5.41, 5.74) is 5.91. The van der Waals surface area contributed by atoms with Gasteiger partial charge in [0.2, 0.25) is 5.91 Å². The molecule has 100 valence electrons. The average molecular weight is 240 g/mol. The second-order valence-corrected chi connectivity index (χ2v) is 5.66. The van der Waals surface area contributed by atoms with Crippen molar-refractivity contribution in [1.82, 2.24) is 4.90 Å². The summed E-state index contributed by atoms with van der Waals surface area (Å²) in [6, 6.07) is -0.282. The molecular formula is C14H28N2O. The van der Waals surface area contributed by atoms with Crippen molar-refractivity contribution < 1.29 is 4.79 Å². The second kappa shape index (κ2) is 7.00. The fourth-order valence-electron chi connectivity index (χ4n) is 2.68. The Bertz CT molecular complexity index is 240. The summed E-state index contributed by atoms with van der Waals surface area (Å²) in [5, 5.41) is 0. The van der Waals surface area contributed by atoms with Crippen LogP contribution < -0.4 is 5.73 Å². The Morgan fingerprint density at radius 1 is 1.35 bits per heavy atom. The molecule has 0 aliphatic carbocycles. The summed E-state index contributed by atoms with van der Waals surface area (Å²) in [6.45, 7) is 8.44. The maximum absolute atomic E-state index is 12.1. The van der Waals surface area contributed by atoms with Crippen LogP contribution in [0.25, 0.3) is 0 Å². The van der Waals surface area contributed by atoms with E-state index in [4.69, 9.17) is 5.73 Å². The first-order valence-electron chi connectivity index (χ1n) is 7.10. The number of hydrogen-bond donors (Lipinski definition) is 1. The average Bonchev–Trinajstić information content (AvgIpc) is 2.53. The van der Waals surface area contributed by atoms with Gasteiger partial charge in [0, 0.05) is 13.1 Å². The molecule has 0 saturated carbocycles. The van der Waals surface area contributed by atoms with Crippen LogP contribution in [0.1, 0.15) is 52.9 Å². The van der Waals surface area contributed by atoms with E-state index in [1.165, 1.54) is 6.42 Å². The molecule has 0 bridgehead atoms. The first-order valence-corrected chi connectivity index (χ1v) is 7.10. The predicted octanol–water partition coefficient (Wildman–Crippen LogP) is 2.40. The highest BCUT2D eigenvalue weighted by molar-refractivity contribution is 5.81. The Labute approximate surface area is 106 Å². The van der Waals surface area contributed by atoms with Gasteiger partial charge in [-0.15, -0.1) is 0 Å². The van der Waals surface area contributed by atoms with Gasteiger partial charge >= 0.3 is 0 Å². The molecule has 0 aromatic rings. The minimum absolute atomic E-state index is 0.163. The lowest BCUT2D eigenvalue weighted by atomic mass is 9.89. The fourth-order valence-corrected chi connectivity index (χ4v) is 2.68. The minimum Gasteiger partial charge on any atom is -0.341 e. The summed E-state index contributed by atoms with van der Waals surface area (Å²) in [5.74, 6) is 1.67. The third-order valence-corrected chi connectivity index (χ3v) is 3.94. The van der Waals surface area contributed by atoms with Crippen molar-refractivity contribution in [1.29, 1.82) is 0 Å². The number of rotatable bonds is 4. The molecule has 1 aliphatic heterocycles. The van der Waals surface area contributed by atoms with Crippen molar-refractivity contribution in [3.63, 3.8) is 0 Å². The largest absolute Gasteiger partial charge is 0.341 e. The van der Waals surface area contributed by atoms with Crippen LogP contribution in [-0.4, -0.2) is 29.9 Å². The highest BCUT2D eigenvalue weighted by Gasteiger charge is 2.24. The van der Waals surface area contributed by atoms with Gasteiger partial charge in [0.25, 0.3) is 0 Å². The van der Waals surface area contributed by atoms with Gasteiger partial charge in [-0.25, -0.2) is 0 Å². The van der Waals surface area contributed by atoms with Crippen molar-refractivity contribution in [3.05, 3.63) is 0 Å². The van der Waals surface area contributed by atoms with Crippen LogP contribution in [0, 0.1) is 11.8 Å². The highest BCUT2D eigenvalue weighted by atomic mass is 16.2. The van der Waals surface area contributed by atoms with E-state index >= 15 is 0 Å². The van der Waals surface area contributed by atoms with Gasteiger partial charge in [-0.3, -0.25) is 4.79 Å². The Morgan fingerprint density at radius 2 is 2.06 bits per heavy atom. The molecule has 1 amide bonds. The zero-order valence-corrected chi connectivity index (χ0v) is 11.6. The quantitative estimate of drug-likeness (QED) is 0.820. The van der Waals surface area contributed by atoms with Crippen LogP contribution in [0.5, 0.6) is 0 Å². The lowest BCUT2D eigenvalue weighted by Gasteiger charge is -2.24. The van der Waals surface area contributed by atoms with Gasteiger partial charge in [-0.05, 0) is 37.5 Å². The smallest absolute Gasteiger partial charge is 0.239 e. The number of nitrogens with zero attached hydrogens (tertiary/aromatic N) is 1. The number of likely N-dealkylation sites (tertiary alicyclic amines) is 1. The van der Waals surface area contributed by atoms with E-state index < -0.39 is 0 Å². The van der Waals surface area contributed by atoms with Crippen LogP contribution in [0.2, 0.25) is 0 Å². The minimum atomic E-state index is -0.282. The Balaban J connectivity index is 2.48. The topological polar surface area (TPSA) is 46.3 Å². The SMILES string of the molecule is CCCC(N)C(=O)N1CCCC(C(C)C)CC1. The highest BCUT2D eigenvalue weighted by Crippen LogP contribution is 2.24. The van der Waals surface area contributed by atoms with Crippen LogP contribution in [0.3, 0.4) is 0 Å². The fraction of sp³-hybridized carbons (Fsp3) is 0.929. The monoisotopic (exact) mass is 240 g/mol. The Kier molecular flexibility index (Phi) is 5.96. The van der Waals surface area contributed by atoms with Crippen LogP contribution in [0.15, 0.2) is 0 Å². The molecule has 2 unspecified atom stereocenters. The van der Waals surface area contributed by atoms with E-state index in [2.05, 4.69) is 20.8 Å². The first-order chi connectivity index (χ1) is 8.06. The van der Waals surface area contributed by atoms with Crippen molar-refractivity contribution in [2.45, 2.75) is 58.9 Å². The van der Waals surface area contributed by atoms with Gasteiger partial charge in [-0.2, -0.15) is 0 Å². The van der Waals surface area contributed by atoms with E-state index in [0.29, 0.717) is 0 Å². The molecule has 1 fully saturated rings. The number of amides is 1. The van der Waals surface area contributed by atoms with Crippen molar-refractivity contribution in [2.24, 2.45) is 17.6 Å². The van der Waals surface area contributed by atoms with Crippen LogP contribution in [0.4, 0.5) is 0 Å². The number of carbonyl (C=O) groups is 1. The van der Waals surface area contributed by atoms with Gasteiger partial charge in [0.1, 0.15) is 0 Å². The number of nitrogens with two attached hydrogens (primary N) is 1. The van der Waals surface area contributed by atoms with Crippen molar-refractivity contribution in [3.8, 4) is 0 Å². The molecule has 1 rings (SSSR count). The zero-order valence-electron chi connectivity index (χ0n) is 11.6. The molecule has 3 nitrogen and oxygen atoms in total. The first kappa shape index (κ1) is 14.5. The third-order valence-electron chi connectivity index (χ3n) is 3.94. The second-order valence-electron chi connectivity index (χ2n) is 5.66. The molecule has 3 heteroatoms. The van der Waals surface area contributed by atoms with Gasteiger partial charge in [0.15, 0.2) is 0 Å². The Morgan fingerprint density at radius 3 is 2.65 bits per heavy atom. The zero-order chi connectivity index (χ0) is 12.8. The molecule has 0 aromatic heterocycles. The molecule has 1 heterocycles. The van der Waals surface area contributed by atoms with Gasteiger partial charge in [-0.1, -0.05) is 27.2 Å². The van der Waals surface area contributed by atoms with Crippen LogP contribution >= 0.6 is 0 Å². The maximum Gasteiger partial charge on any atom is 0.239 e. The van der Waals surface area contributed by atoms with E-state index in [1.54, 1.807) is 0 Å². The lowest BCUT2D eigenvalue weighted by molar-refractivity contribution is -0.132. The van der Waals surface area contributed by atoms with Crippen molar-refractivity contribution >= 4 is 5.91 Å². The number of hydrogen-bond acceptors (Lipinski definition) is 2. The molecule has 2 N–H and O–H groups in total. The lowest BCUT2D eigenvalue weighted by Crippen LogP contribution is -2.44. The van der Waals surface area contributed by atoms with E-state index in [1.807, 2.05) is 4.90 Å². The third kappa shape index (κ3) is 4.30. The van der Waals surface area contributed by atoms with E-state index in [0.717, 1.165) is 50.6 Å². The molecule has 0 spiro atoms. The molecule has 1 aliphatic rings. The number of carbonyl (C=O) groups excluding carboxylic acids is 1. The normalized spacial score (nSPS) is 23.6. The Hall–Kier alpha value is -0.570. The molecule has 2 atom stereocenters. The predicted molar refractivity (Wildman–Crippen MR) is 71.6 cm³/mol. The summed E-state index contributed by atoms with van der Waals surface area (Å²) in [6.07, 6.45) is 5.32. The molecular weight excluding hydrogens is 212 g/mol. The van der Waals surface area contributed by atoms with E-state index in [9.17, 15) is 4.79 Å².